The van der Waals surface area contributed by atoms with Crippen LogP contribution in [0.5, 0.6) is 0 Å². The molecular formula is C20H28N2O2. The summed E-state index contributed by atoms with van der Waals surface area (Å²) in [5.74, 6) is 0.744. The molecule has 0 aromatic heterocycles. The van der Waals surface area contributed by atoms with E-state index in [9.17, 15) is 5.11 Å². The monoisotopic (exact) mass is 328 g/mol. The van der Waals surface area contributed by atoms with Gasteiger partial charge in [-0.25, -0.2) is 4.99 Å². The second kappa shape index (κ2) is 5.22. The molecule has 0 bridgehead atoms. The molecule has 24 heavy (non-hydrogen) atoms. The quantitative estimate of drug-likeness (QED) is 0.863. The van der Waals surface area contributed by atoms with Gasteiger partial charge in [0.15, 0.2) is 5.54 Å². The Bertz CT molecular complexity index is 647. The predicted molar refractivity (Wildman–Crippen MR) is 96.6 cm³/mol. The van der Waals surface area contributed by atoms with Crippen LogP contribution in [0.4, 0.5) is 5.69 Å². The first-order chi connectivity index (χ1) is 11.4. The van der Waals surface area contributed by atoms with E-state index in [1.54, 1.807) is 0 Å². The third-order valence-corrected chi connectivity index (χ3v) is 6.03. The SMILES string of the molecule is C[C@H](O)[C@]1(C2=NC(C)(C)CO2)N(c2ccccc2)C12CCCCC2. The minimum absolute atomic E-state index is 0.0555. The van der Waals surface area contributed by atoms with E-state index in [2.05, 4.69) is 43.0 Å². The third-order valence-electron chi connectivity index (χ3n) is 6.03. The summed E-state index contributed by atoms with van der Waals surface area (Å²) in [6.07, 6.45) is 5.34. The number of hydrogen-bond donors (Lipinski definition) is 1. The number of para-hydroxylation sites is 1. The lowest BCUT2D eigenvalue weighted by Gasteiger charge is -2.26. The van der Waals surface area contributed by atoms with E-state index in [0.29, 0.717) is 6.61 Å². The highest BCUT2D eigenvalue weighted by Gasteiger charge is 2.80. The normalized spacial score (nSPS) is 31.5. The highest BCUT2D eigenvalue weighted by Crippen LogP contribution is 2.64. The van der Waals surface area contributed by atoms with Crippen LogP contribution in [0.2, 0.25) is 0 Å². The molecule has 4 heteroatoms. The number of anilines is 1. The van der Waals surface area contributed by atoms with Gasteiger partial charge in [0, 0.05) is 5.69 Å². The highest BCUT2D eigenvalue weighted by atomic mass is 16.5. The zero-order chi connectivity index (χ0) is 17.0. The summed E-state index contributed by atoms with van der Waals surface area (Å²) < 4.78 is 6.08. The summed E-state index contributed by atoms with van der Waals surface area (Å²) in [5, 5.41) is 10.9. The Balaban J connectivity index is 1.85. The van der Waals surface area contributed by atoms with Gasteiger partial charge in [-0.05, 0) is 45.7 Å². The number of benzene rings is 1. The van der Waals surface area contributed by atoms with Crippen LogP contribution in [-0.4, -0.2) is 40.3 Å². The van der Waals surface area contributed by atoms with E-state index in [1.165, 1.54) is 19.3 Å². The molecule has 1 aromatic carbocycles. The van der Waals surface area contributed by atoms with Gasteiger partial charge in [0.25, 0.3) is 0 Å². The Kier molecular flexibility index (Phi) is 3.47. The van der Waals surface area contributed by atoms with Gasteiger partial charge in [-0.3, -0.25) is 0 Å². The summed E-state index contributed by atoms with van der Waals surface area (Å²) in [7, 11) is 0. The maximum Gasteiger partial charge on any atom is 0.216 e. The number of ether oxygens (including phenoxy) is 1. The largest absolute Gasteiger partial charge is 0.477 e. The van der Waals surface area contributed by atoms with Crippen molar-refractivity contribution in [3.8, 4) is 0 Å². The van der Waals surface area contributed by atoms with Crippen LogP contribution in [0, 0.1) is 0 Å². The first kappa shape index (κ1) is 15.9. The predicted octanol–water partition coefficient (Wildman–Crippen LogP) is 3.54. The molecule has 2 fully saturated rings. The van der Waals surface area contributed by atoms with Crippen LogP contribution in [0.25, 0.3) is 0 Å². The molecule has 1 N–H and O–H groups in total. The third kappa shape index (κ3) is 1.98. The number of aliphatic hydroxyl groups is 1. The molecule has 1 saturated heterocycles. The minimum Gasteiger partial charge on any atom is -0.477 e. The number of rotatable bonds is 3. The topological polar surface area (TPSA) is 44.8 Å². The van der Waals surface area contributed by atoms with Crippen LogP contribution in [0.3, 0.4) is 0 Å². The van der Waals surface area contributed by atoms with Crippen molar-refractivity contribution in [2.45, 2.75) is 75.6 Å². The zero-order valence-electron chi connectivity index (χ0n) is 15.0. The molecule has 1 spiro atoms. The summed E-state index contributed by atoms with van der Waals surface area (Å²) >= 11 is 0. The van der Waals surface area contributed by atoms with Crippen molar-refractivity contribution in [2.75, 3.05) is 11.5 Å². The first-order valence-corrected chi connectivity index (χ1v) is 9.21. The van der Waals surface area contributed by atoms with Gasteiger partial charge < -0.3 is 14.7 Å². The molecule has 2 aliphatic heterocycles. The zero-order valence-corrected chi connectivity index (χ0v) is 15.0. The Morgan fingerprint density at radius 2 is 1.79 bits per heavy atom. The average Bonchev–Trinajstić information content (AvgIpc) is 2.96. The highest BCUT2D eigenvalue weighted by molar-refractivity contribution is 6.02. The fraction of sp³-hybridized carbons (Fsp3) is 0.650. The minimum atomic E-state index is -0.525. The summed E-state index contributed by atoms with van der Waals surface area (Å²) in [4.78, 5) is 7.30. The van der Waals surface area contributed by atoms with Crippen LogP contribution >= 0.6 is 0 Å². The smallest absolute Gasteiger partial charge is 0.216 e. The molecule has 1 aliphatic carbocycles. The van der Waals surface area contributed by atoms with Crippen molar-refractivity contribution in [1.29, 1.82) is 0 Å². The van der Waals surface area contributed by atoms with Crippen molar-refractivity contribution >= 4 is 11.6 Å². The Morgan fingerprint density at radius 3 is 2.33 bits per heavy atom. The van der Waals surface area contributed by atoms with Crippen LogP contribution in [0.1, 0.15) is 52.9 Å². The second-order valence-electron chi connectivity index (χ2n) is 8.22. The van der Waals surface area contributed by atoms with Crippen molar-refractivity contribution in [3.63, 3.8) is 0 Å². The van der Waals surface area contributed by atoms with Gasteiger partial charge in [-0.15, -0.1) is 0 Å². The van der Waals surface area contributed by atoms with E-state index in [1.807, 2.05) is 13.0 Å². The number of nitrogens with zero attached hydrogens (tertiary/aromatic N) is 2. The lowest BCUT2D eigenvalue weighted by Crippen LogP contribution is -2.45. The number of aliphatic imine (C=N–C) groups is 1. The van der Waals surface area contributed by atoms with Crippen LogP contribution in [0.15, 0.2) is 35.3 Å². The lowest BCUT2D eigenvalue weighted by atomic mass is 9.77. The average molecular weight is 328 g/mol. The lowest BCUT2D eigenvalue weighted by molar-refractivity contribution is 0.145. The fourth-order valence-corrected chi connectivity index (χ4v) is 5.07. The van der Waals surface area contributed by atoms with E-state index >= 15 is 0 Å². The van der Waals surface area contributed by atoms with Gasteiger partial charge in [0.05, 0.1) is 17.2 Å². The van der Waals surface area contributed by atoms with Gasteiger partial charge >= 0.3 is 0 Å². The van der Waals surface area contributed by atoms with Crippen LogP contribution < -0.4 is 4.90 Å². The maximum absolute atomic E-state index is 10.9. The fourth-order valence-electron chi connectivity index (χ4n) is 5.07. The molecule has 2 atom stereocenters. The molecule has 0 radical (unpaired) electrons. The Morgan fingerprint density at radius 1 is 1.12 bits per heavy atom. The van der Waals surface area contributed by atoms with E-state index in [0.717, 1.165) is 24.4 Å². The molecule has 1 aromatic rings. The molecule has 2 heterocycles. The summed E-state index contributed by atoms with van der Waals surface area (Å²) in [6, 6.07) is 10.5. The first-order valence-electron chi connectivity index (χ1n) is 9.21. The maximum atomic E-state index is 10.9. The van der Waals surface area contributed by atoms with Crippen molar-refractivity contribution in [3.05, 3.63) is 30.3 Å². The van der Waals surface area contributed by atoms with E-state index in [4.69, 9.17) is 9.73 Å². The molecule has 1 saturated carbocycles. The molecule has 4 rings (SSSR count). The van der Waals surface area contributed by atoms with Crippen LogP contribution in [-0.2, 0) is 4.74 Å². The molecule has 130 valence electrons. The van der Waals surface area contributed by atoms with Gasteiger partial charge in [-0.1, -0.05) is 37.5 Å². The molecule has 3 aliphatic rings. The second-order valence-corrected chi connectivity index (χ2v) is 8.22. The Hall–Kier alpha value is -1.55. The standard InChI is InChI=1S/C20H28N2O2/c1-15(23)20(17-21-18(2,3)14-24-17)19(12-8-5-9-13-19)22(20)16-10-6-4-7-11-16/h4,6-7,10-11,15,23H,5,8-9,12-14H2,1-3H3/t15-,20+,22?/m0/s1. The number of aliphatic hydroxyl groups excluding tert-OH is 1. The van der Waals surface area contributed by atoms with Crippen molar-refractivity contribution in [2.24, 2.45) is 4.99 Å². The summed E-state index contributed by atoms with van der Waals surface area (Å²) in [5.41, 5.74) is 0.386. The van der Waals surface area contributed by atoms with E-state index in [-0.39, 0.29) is 11.1 Å². The van der Waals surface area contributed by atoms with Gasteiger partial charge in [0.2, 0.25) is 5.90 Å². The molecule has 4 nitrogen and oxygen atoms in total. The van der Waals surface area contributed by atoms with Crippen molar-refractivity contribution in [1.82, 2.24) is 0 Å². The molecule has 0 unspecified atom stereocenters. The molecule has 0 amide bonds. The number of hydrogen-bond acceptors (Lipinski definition) is 4. The van der Waals surface area contributed by atoms with E-state index < -0.39 is 11.6 Å². The Labute approximate surface area is 144 Å². The summed E-state index contributed by atoms with van der Waals surface area (Å²) in [6.45, 7) is 6.68. The van der Waals surface area contributed by atoms with Crippen molar-refractivity contribution < 1.29 is 9.84 Å². The van der Waals surface area contributed by atoms with Gasteiger partial charge in [0.1, 0.15) is 6.61 Å². The molecular weight excluding hydrogens is 300 g/mol. The van der Waals surface area contributed by atoms with Gasteiger partial charge in [-0.2, -0.15) is 0 Å².